The van der Waals surface area contributed by atoms with E-state index in [0.717, 1.165) is 5.69 Å². The standard InChI is InChI=1S/C9H14N2O2/c1-6(2)7-5-8(9(12)13-4)11(3)10-7/h5-6H,1-4H3. The van der Waals surface area contributed by atoms with E-state index in [1.54, 1.807) is 17.8 Å². The topological polar surface area (TPSA) is 44.1 Å². The molecule has 4 nitrogen and oxygen atoms in total. The summed E-state index contributed by atoms with van der Waals surface area (Å²) in [5, 5.41) is 4.20. The van der Waals surface area contributed by atoms with Crippen LogP contribution in [0.4, 0.5) is 0 Å². The molecule has 13 heavy (non-hydrogen) atoms. The fourth-order valence-electron chi connectivity index (χ4n) is 1.07. The second-order valence-corrected chi connectivity index (χ2v) is 3.22. The normalized spacial score (nSPS) is 10.5. The number of aromatic nitrogens is 2. The van der Waals surface area contributed by atoms with E-state index in [1.807, 2.05) is 13.8 Å². The lowest BCUT2D eigenvalue weighted by Crippen LogP contribution is -2.07. The summed E-state index contributed by atoms with van der Waals surface area (Å²) in [6.07, 6.45) is 0. The summed E-state index contributed by atoms with van der Waals surface area (Å²) in [6.45, 7) is 4.06. The van der Waals surface area contributed by atoms with Gasteiger partial charge in [0, 0.05) is 7.05 Å². The van der Waals surface area contributed by atoms with Gasteiger partial charge in [-0.1, -0.05) is 13.8 Å². The molecule has 1 aromatic rings. The Balaban J connectivity index is 3.03. The van der Waals surface area contributed by atoms with Crippen LogP contribution in [0.15, 0.2) is 6.07 Å². The van der Waals surface area contributed by atoms with E-state index in [2.05, 4.69) is 9.84 Å². The van der Waals surface area contributed by atoms with Crippen LogP contribution in [-0.4, -0.2) is 22.9 Å². The minimum absolute atomic E-state index is 0.324. The van der Waals surface area contributed by atoms with Gasteiger partial charge in [0.05, 0.1) is 12.8 Å². The molecule has 4 heteroatoms. The maximum Gasteiger partial charge on any atom is 0.356 e. The number of aryl methyl sites for hydroxylation is 1. The van der Waals surface area contributed by atoms with Crippen molar-refractivity contribution in [2.45, 2.75) is 19.8 Å². The van der Waals surface area contributed by atoms with Gasteiger partial charge >= 0.3 is 5.97 Å². The summed E-state index contributed by atoms with van der Waals surface area (Å²) in [4.78, 5) is 11.2. The van der Waals surface area contributed by atoms with Gasteiger partial charge in [0.25, 0.3) is 0 Å². The number of esters is 1. The molecule has 0 N–H and O–H groups in total. The Hall–Kier alpha value is -1.32. The van der Waals surface area contributed by atoms with Gasteiger partial charge in [0.2, 0.25) is 0 Å². The van der Waals surface area contributed by atoms with E-state index in [0.29, 0.717) is 11.6 Å². The lowest BCUT2D eigenvalue weighted by Gasteiger charge is -1.96. The van der Waals surface area contributed by atoms with Crippen molar-refractivity contribution in [3.63, 3.8) is 0 Å². The number of hydrogen-bond acceptors (Lipinski definition) is 3. The first-order chi connectivity index (χ1) is 6.06. The minimum Gasteiger partial charge on any atom is -0.464 e. The largest absolute Gasteiger partial charge is 0.464 e. The Morgan fingerprint density at radius 1 is 1.62 bits per heavy atom. The average molecular weight is 182 g/mol. The fourth-order valence-corrected chi connectivity index (χ4v) is 1.07. The molecule has 0 atom stereocenters. The van der Waals surface area contributed by atoms with Gasteiger partial charge < -0.3 is 4.74 Å². The number of carbonyl (C=O) groups excluding carboxylic acids is 1. The third-order valence-electron chi connectivity index (χ3n) is 1.88. The SMILES string of the molecule is COC(=O)c1cc(C(C)C)nn1C. The lowest BCUT2D eigenvalue weighted by atomic mass is 10.1. The van der Waals surface area contributed by atoms with Crippen LogP contribution in [0.25, 0.3) is 0 Å². The van der Waals surface area contributed by atoms with Crippen molar-refractivity contribution in [1.82, 2.24) is 9.78 Å². The molecule has 0 aliphatic rings. The smallest absolute Gasteiger partial charge is 0.356 e. The second-order valence-electron chi connectivity index (χ2n) is 3.22. The molecule has 0 unspecified atom stereocenters. The number of nitrogens with zero attached hydrogens (tertiary/aromatic N) is 2. The van der Waals surface area contributed by atoms with Gasteiger partial charge in [-0.25, -0.2) is 4.79 Å². The van der Waals surface area contributed by atoms with Gasteiger partial charge in [-0.05, 0) is 12.0 Å². The molecule has 1 aromatic heterocycles. The Morgan fingerprint density at radius 3 is 2.62 bits per heavy atom. The van der Waals surface area contributed by atoms with Crippen molar-refractivity contribution < 1.29 is 9.53 Å². The first-order valence-electron chi connectivity index (χ1n) is 4.18. The highest BCUT2D eigenvalue weighted by molar-refractivity contribution is 5.87. The van der Waals surface area contributed by atoms with Gasteiger partial charge in [0.1, 0.15) is 5.69 Å². The zero-order chi connectivity index (χ0) is 10.0. The molecule has 1 heterocycles. The molecule has 0 amide bonds. The van der Waals surface area contributed by atoms with Gasteiger partial charge in [-0.3, -0.25) is 4.68 Å². The molecule has 0 aromatic carbocycles. The molecule has 0 saturated carbocycles. The van der Waals surface area contributed by atoms with Crippen LogP contribution in [0.5, 0.6) is 0 Å². The minimum atomic E-state index is -0.345. The van der Waals surface area contributed by atoms with E-state index in [9.17, 15) is 4.79 Å². The van der Waals surface area contributed by atoms with Gasteiger partial charge in [-0.2, -0.15) is 5.10 Å². The predicted molar refractivity (Wildman–Crippen MR) is 48.6 cm³/mol. The zero-order valence-electron chi connectivity index (χ0n) is 8.37. The van der Waals surface area contributed by atoms with Crippen LogP contribution in [0.3, 0.4) is 0 Å². The number of hydrogen-bond donors (Lipinski definition) is 0. The third-order valence-corrected chi connectivity index (χ3v) is 1.88. The summed E-state index contributed by atoms with van der Waals surface area (Å²) < 4.78 is 6.15. The number of carbonyl (C=O) groups is 1. The maximum absolute atomic E-state index is 11.2. The average Bonchev–Trinajstić information content (AvgIpc) is 2.46. The highest BCUT2D eigenvalue weighted by atomic mass is 16.5. The lowest BCUT2D eigenvalue weighted by molar-refractivity contribution is 0.0588. The third kappa shape index (κ3) is 1.88. The van der Waals surface area contributed by atoms with Crippen LogP contribution >= 0.6 is 0 Å². The molecule has 0 spiro atoms. The molecule has 0 aliphatic carbocycles. The number of rotatable bonds is 2. The molecular weight excluding hydrogens is 168 g/mol. The van der Waals surface area contributed by atoms with E-state index < -0.39 is 0 Å². The van der Waals surface area contributed by atoms with Crippen molar-refractivity contribution in [2.75, 3.05) is 7.11 Å². The highest BCUT2D eigenvalue weighted by Crippen LogP contribution is 2.13. The van der Waals surface area contributed by atoms with Crippen molar-refractivity contribution in [3.05, 3.63) is 17.5 Å². The Morgan fingerprint density at radius 2 is 2.23 bits per heavy atom. The summed E-state index contributed by atoms with van der Waals surface area (Å²) in [7, 11) is 3.10. The van der Waals surface area contributed by atoms with Crippen LogP contribution in [0.2, 0.25) is 0 Å². The van der Waals surface area contributed by atoms with Gasteiger partial charge in [-0.15, -0.1) is 0 Å². The quantitative estimate of drug-likeness (QED) is 0.648. The molecule has 0 fully saturated rings. The number of methoxy groups -OCH3 is 1. The Kier molecular flexibility index (Phi) is 2.70. The first kappa shape index (κ1) is 9.77. The van der Waals surface area contributed by atoms with Crippen LogP contribution in [0.1, 0.15) is 35.9 Å². The molecule has 0 radical (unpaired) electrons. The Labute approximate surface area is 77.5 Å². The van der Waals surface area contributed by atoms with Gasteiger partial charge in [0.15, 0.2) is 0 Å². The molecular formula is C9H14N2O2. The summed E-state index contributed by atoms with van der Waals surface area (Å²) in [6, 6.07) is 1.76. The predicted octanol–water partition coefficient (Wildman–Crippen LogP) is 1.33. The van der Waals surface area contributed by atoms with E-state index >= 15 is 0 Å². The summed E-state index contributed by atoms with van der Waals surface area (Å²) in [5.74, 6) is -0.0218. The van der Waals surface area contributed by atoms with Crippen molar-refractivity contribution in [3.8, 4) is 0 Å². The second kappa shape index (κ2) is 3.60. The maximum atomic E-state index is 11.2. The van der Waals surface area contributed by atoms with Crippen molar-refractivity contribution in [1.29, 1.82) is 0 Å². The van der Waals surface area contributed by atoms with Crippen molar-refractivity contribution >= 4 is 5.97 Å². The molecule has 0 aliphatic heterocycles. The first-order valence-corrected chi connectivity index (χ1v) is 4.18. The van der Waals surface area contributed by atoms with Crippen LogP contribution in [0, 0.1) is 0 Å². The van der Waals surface area contributed by atoms with E-state index in [4.69, 9.17) is 0 Å². The molecule has 0 bridgehead atoms. The monoisotopic (exact) mass is 182 g/mol. The summed E-state index contributed by atoms with van der Waals surface area (Å²) in [5.41, 5.74) is 1.40. The van der Waals surface area contributed by atoms with E-state index in [-0.39, 0.29) is 5.97 Å². The van der Waals surface area contributed by atoms with Crippen molar-refractivity contribution in [2.24, 2.45) is 7.05 Å². The van der Waals surface area contributed by atoms with E-state index in [1.165, 1.54) is 7.11 Å². The zero-order valence-corrected chi connectivity index (χ0v) is 8.37. The molecule has 0 saturated heterocycles. The van der Waals surface area contributed by atoms with Crippen LogP contribution in [-0.2, 0) is 11.8 Å². The molecule has 72 valence electrons. The van der Waals surface area contributed by atoms with Crippen LogP contribution < -0.4 is 0 Å². The molecule has 1 rings (SSSR count). The highest BCUT2D eigenvalue weighted by Gasteiger charge is 2.14. The summed E-state index contributed by atoms with van der Waals surface area (Å²) >= 11 is 0. The fraction of sp³-hybridized carbons (Fsp3) is 0.556. The number of ether oxygens (including phenoxy) is 1. The Bertz CT molecular complexity index is 315.